The van der Waals surface area contributed by atoms with Gasteiger partial charge < -0.3 is 4.42 Å². The number of carbonyl (C=O) groups excluding carboxylic acids is 2. The fraction of sp³-hybridized carbons (Fsp3) is 0.0476. The summed E-state index contributed by atoms with van der Waals surface area (Å²) >= 11 is 0.723. The van der Waals surface area contributed by atoms with Gasteiger partial charge in [-0.2, -0.15) is 0 Å². The van der Waals surface area contributed by atoms with Gasteiger partial charge in [-0.15, -0.1) is 0 Å². The van der Waals surface area contributed by atoms with Gasteiger partial charge in [-0.05, 0) is 36.0 Å². The van der Waals surface area contributed by atoms with Gasteiger partial charge >= 0.3 is 0 Å². The van der Waals surface area contributed by atoms with Crippen LogP contribution in [0.25, 0.3) is 17.4 Å². The first-order chi connectivity index (χ1) is 14.4. The average molecular weight is 424 g/mol. The second kappa shape index (κ2) is 7.96. The van der Waals surface area contributed by atoms with Crippen LogP contribution in [0.15, 0.2) is 70.0 Å². The number of amides is 2. The number of thioether (sulfide) groups is 1. The highest BCUT2D eigenvalue weighted by molar-refractivity contribution is 8.18. The van der Waals surface area contributed by atoms with Crippen LogP contribution in [-0.2, 0) is 11.3 Å². The molecule has 1 saturated heterocycles. The summed E-state index contributed by atoms with van der Waals surface area (Å²) < 4.78 is 19.5. The Kier molecular flexibility index (Phi) is 5.20. The highest BCUT2D eigenvalue weighted by Crippen LogP contribution is 2.35. The van der Waals surface area contributed by atoms with E-state index in [-0.39, 0.29) is 34.2 Å². The fourth-order valence-electron chi connectivity index (χ4n) is 2.98. The molecule has 2 heterocycles. The molecular formula is C21H13FN2O5S. The Morgan fingerprint density at radius 1 is 1.07 bits per heavy atom. The quantitative estimate of drug-likeness (QED) is 0.316. The molecule has 0 unspecified atom stereocenters. The number of hydrogen-bond donors (Lipinski definition) is 0. The summed E-state index contributed by atoms with van der Waals surface area (Å²) in [5.74, 6) is -0.531. The maximum absolute atomic E-state index is 13.9. The van der Waals surface area contributed by atoms with Crippen LogP contribution < -0.4 is 0 Å². The van der Waals surface area contributed by atoms with Gasteiger partial charge in [-0.1, -0.05) is 30.3 Å². The summed E-state index contributed by atoms with van der Waals surface area (Å²) in [5.41, 5.74) is 0.427. The number of halogens is 1. The Hall–Kier alpha value is -3.72. The van der Waals surface area contributed by atoms with Crippen molar-refractivity contribution in [2.45, 2.75) is 6.54 Å². The molecule has 9 heteroatoms. The molecule has 0 radical (unpaired) electrons. The number of benzene rings is 2. The van der Waals surface area contributed by atoms with Crippen molar-refractivity contribution in [3.05, 3.63) is 92.8 Å². The number of nitro groups is 1. The largest absolute Gasteiger partial charge is 0.456 e. The number of furan rings is 1. The molecule has 30 heavy (non-hydrogen) atoms. The van der Waals surface area contributed by atoms with Crippen molar-refractivity contribution in [3.63, 3.8) is 0 Å². The van der Waals surface area contributed by atoms with Gasteiger partial charge in [0.05, 0.1) is 21.9 Å². The van der Waals surface area contributed by atoms with Crippen molar-refractivity contribution in [2.24, 2.45) is 0 Å². The predicted octanol–water partition coefficient (Wildman–Crippen LogP) is 5.23. The molecule has 0 N–H and O–H groups in total. The van der Waals surface area contributed by atoms with Crippen molar-refractivity contribution >= 4 is 34.7 Å². The lowest BCUT2D eigenvalue weighted by atomic mass is 10.1. The van der Waals surface area contributed by atoms with Crippen LogP contribution in [0.2, 0.25) is 0 Å². The summed E-state index contributed by atoms with van der Waals surface area (Å²) in [6.45, 7) is -0.172. The Morgan fingerprint density at radius 3 is 2.57 bits per heavy atom. The molecule has 1 aliphatic rings. The summed E-state index contributed by atoms with van der Waals surface area (Å²) in [6.07, 6.45) is 1.39. The molecule has 7 nitrogen and oxygen atoms in total. The first-order valence-electron chi connectivity index (χ1n) is 8.76. The topological polar surface area (TPSA) is 93.7 Å². The molecule has 1 aromatic heterocycles. The Balaban J connectivity index is 1.58. The molecule has 1 fully saturated rings. The lowest BCUT2D eigenvalue weighted by Crippen LogP contribution is -2.27. The molecular weight excluding hydrogens is 411 g/mol. The van der Waals surface area contributed by atoms with E-state index in [1.165, 1.54) is 30.3 Å². The SMILES string of the molecule is O=C1S/C(=C/c2ccc(-c3ccccc3[N+](=O)[O-])o2)C(=O)N1Cc1ccccc1F. The van der Waals surface area contributed by atoms with E-state index in [1.807, 2.05) is 0 Å². The summed E-state index contributed by atoms with van der Waals surface area (Å²) in [7, 11) is 0. The number of nitro benzene ring substituents is 1. The third-order valence-electron chi connectivity index (χ3n) is 4.43. The highest BCUT2D eigenvalue weighted by Gasteiger charge is 2.35. The third kappa shape index (κ3) is 3.74. The minimum absolute atomic E-state index is 0.108. The molecule has 0 saturated carbocycles. The Morgan fingerprint density at radius 2 is 1.80 bits per heavy atom. The second-order valence-corrected chi connectivity index (χ2v) is 7.33. The first kappa shape index (κ1) is 19.6. The Labute approximate surface area is 173 Å². The maximum Gasteiger partial charge on any atom is 0.293 e. The van der Waals surface area contributed by atoms with Crippen molar-refractivity contribution in [2.75, 3.05) is 0 Å². The van der Waals surface area contributed by atoms with Crippen molar-refractivity contribution in [1.82, 2.24) is 4.90 Å². The molecule has 1 aliphatic heterocycles. The van der Waals surface area contributed by atoms with Crippen LogP contribution in [0.3, 0.4) is 0 Å². The van der Waals surface area contributed by atoms with Crippen molar-refractivity contribution < 1.29 is 23.3 Å². The van der Waals surface area contributed by atoms with Crippen LogP contribution in [0, 0.1) is 15.9 Å². The number of hydrogen-bond acceptors (Lipinski definition) is 6. The van der Waals surface area contributed by atoms with E-state index < -0.39 is 21.9 Å². The zero-order valence-electron chi connectivity index (χ0n) is 15.3. The van der Waals surface area contributed by atoms with Crippen LogP contribution >= 0.6 is 11.8 Å². The molecule has 3 aromatic rings. The normalized spacial score (nSPS) is 15.2. The van der Waals surface area contributed by atoms with E-state index in [9.17, 15) is 24.1 Å². The van der Waals surface area contributed by atoms with Crippen LogP contribution in [0.1, 0.15) is 11.3 Å². The smallest absolute Gasteiger partial charge is 0.293 e. The van der Waals surface area contributed by atoms with Crippen LogP contribution in [0.5, 0.6) is 0 Å². The van der Waals surface area contributed by atoms with Gasteiger partial charge in [0.1, 0.15) is 17.3 Å². The zero-order valence-corrected chi connectivity index (χ0v) is 16.1. The molecule has 0 aliphatic carbocycles. The number of nitrogens with zero attached hydrogens (tertiary/aromatic N) is 2. The number of imide groups is 1. The van der Waals surface area contributed by atoms with E-state index in [0.29, 0.717) is 5.56 Å². The molecule has 2 aromatic carbocycles. The van der Waals surface area contributed by atoms with Gasteiger partial charge in [-0.3, -0.25) is 24.6 Å². The Bertz CT molecular complexity index is 1200. The minimum Gasteiger partial charge on any atom is -0.456 e. The number of rotatable bonds is 5. The molecule has 0 atom stereocenters. The zero-order chi connectivity index (χ0) is 21.3. The maximum atomic E-state index is 13.9. The van der Waals surface area contributed by atoms with E-state index in [1.54, 1.807) is 36.4 Å². The standard InChI is InChI=1S/C21H13FN2O5S/c22-16-7-3-1-5-13(16)12-23-20(25)19(30-21(23)26)11-14-9-10-18(29-14)15-6-2-4-8-17(15)24(27)28/h1-11H,12H2/b19-11+. The van der Waals surface area contributed by atoms with E-state index in [0.717, 1.165) is 16.7 Å². The van der Waals surface area contributed by atoms with Crippen LogP contribution in [-0.4, -0.2) is 21.0 Å². The van der Waals surface area contributed by atoms with Gasteiger partial charge in [0, 0.05) is 17.7 Å². The van der Waals surface area contributed by atoms with Crippen molar-refractivity contribution in [3.8, 4) is 11.3 Å². The van der Waals surface area contributed by atoms with E-state index in [2.05, 4.69) is 0 Å². The summed E-state index contributed by atoms with van der Waals surface area (Å²) in [6, 6.07) is 15.2. The van der Waals surface area contributed by atoms with Crippen LogP contribution in [0.4, 0.5) is 14.9 Å². The lowest BCUT2D eigenvalue weighted by Gasteiger charge is -2.12. The van der Waals surface area contributed by atoms with Crippen molar-refractivity contribution in [1.29, 1.82) is 0 Å². The summed E-state index contributed by atoms with van der Waals surface area (Å²) in [4.78, 5) is 36.6. The molecule has 0 spiro atoms. The third-order valence-corrected chi connectivity index (χ3v) is 5.33. The first-order valence-corrected chi connectivity index (χ1v) is 9.58. The lowest BCUT2D eigenvalue weighted by molar-refractivity contribution is -0.384. The molecule has 0 bridgehead atoms. The fourth-order valence-corrected chi connectivity index (χ4v) is 3.80. The van der Waals surface area contributed by atoms with E-state index in [4.69, 9.17) is 4.42 Å². The molecule has 150 valence electrons. The summed E-state index contributed by atoms with van der Waals surface area (Å²) in [5, 5.41) is 10.7. The van der Waals surface area contributed by atoms with Gasteiger partial charge in [0.2, 0.25) is 0 Å². The number of carbonyl (C=O) groups is 2. The monoisotopic (exact) mass is 424 g/mol. The predicted molar refractivity (Wildman–Crippen MR) is 109 cm³/mol. The van der Waals surface area contributed by atoms with E-state index >= 15 is 0 Å². The van der Waals surface area contributed by atoms with Gasteiger partial charge in [-0.25, -0.2) is 4.39 Å². The van der Waals surface area contributed by atoms with Gasteiger partial charge in [0.15, 0.2) is 0 Å². The molecule has 2 amide bonds. The highest BCUT2D eigenvalue weighted by atomic mass is 32.2. The number of para-hydroxylation sites is 1. The molecule has 4 rings (SSSR count). The van der Waals surface area contributed by atoms with Gasteiger partial charge in [0.25, 0.3) is 16.8 Å². The minimum atomic E-state index is -0.558. The second-order valence-electron chi connectivity index (χ2n) is 6.34. The average Bonchev–Trinajstić information content (AvgIpc) is 3.30.